The summed E-state index contributed by atoms with van der Waals surface area (Å²) in [5, 5.41) is 9.29. The zero-order valence-corrected chi connectivity index (χ0v) is 20.8. The first-order valence-electron chi connectivity index (χ1n) is 11.4. The van der Waals surface area contributed by atoms with Gasteiger partial charge in [-0.2, -0.15) is 4.31 Å². The summed E-state index contributed by atoms with van der Waals surface area (Å²) in [4.78, 5) is 14.4. The van der Waals surface area contributed by atoms with Crippen LogP contribution < -0.4 is 0 Å². The minimum Gasteiger partial charge on any atom is -0.343 e. The van der Waals surface area contributed by atoms with E-state index in [1.807, 2.05) is 25.3 Å². The van der Waals surface area contributed by atoms with Gasteiger partial charge in [0.1, 0.15) is 0 Å². The molecule has 0 unspecified atom stereocenters. The predicted octanol–water partition coefficient (Wildman–Crippen LogP) is 3.49. The van der Waals surface area contributed by atoms with Crippen molar-refractivity contribution in [3.05, 3.63) is 24.3 Å². The molecule has 1 aromatic heterocycles. The van der Waals surface area contributed by atoms with Gasteiger partial charge in [-0.25, -0.2) is 8.42 Å². The summed E-state index contributed by atoms with van der Waals surface area (Å²) in [6, 6.07) is 6.88. The van der Waals surface area contributed by atoms with Crippen LogP contribution in [0.3, 0.4) is 0 Å². The number of rotatable bonds is 9. The number of benzene rings is 1. The van der Waals surface area contributed by atoms with E-state index in [2.05, 4.69) is 10.2 Å². The molecule has 1 fully saturated rings. The summed E-state index contributed by atoms with van der Waals surface area (Å²) in [6.07, 6.45) is 3.99. The van der Waals surface area contributed by atoms with Crippen molar-refractivity contribution in [3.8, 4) is 11.4 Å². The molecule has 0 bridgehead atoms. The molecule has 1 amide bonds. The molecule has 0 atom stereocenters. The second-order valence-corrected chi connectivity index (χ2v) is 10.6. The Morgan fingerprint density at radius 2 is 1.62 bits per heavy atom. The molecule has 1 aromatic carbocycles. The highest BCUT2D eigenvalue weighted by Crippen LogP contribution is 2.27. The van der Waals surface area contributed by atoms with Gasteiger partial charge in [-0.1, -0.05) is 24.6 Å². The molecule has 3 rings (SSSR count). The number of carbonyl (C=O) groups is 1. The quantitative estimate of drug-likeness (QED) is 0.512. The number of carbonyl (C=O) groups excluding carboxylic acids is 1. The van der Waals surface area contributed by atoms with Gasteiger partial charge in [0.2, 0.25) is 15.9 Å². The van der Waals surface area contributed by atoms with Crippen LogP contribution in [0.5, 0.6) is 0 Å². The van der Waals surface area contributed by atoms with Crippen LogP contribution in [-0.4, -0.2) is 70.2 Å². The highest BCUT2D eigenvalue weighted by atomic mass is 32.2. The summed E-state index contributed by atoms with van der Waals surface area (Å²) in [6.45, 7) is 9.13. The number of hydrogen-bond acceptors (Lipinski definition) is 6. The third-order valence-corrected chi connectivity index (χ3v) is 8.65. The minimum atomic E-state index is -3.48. The largest absolute Gasteiger partial charge is 0.343 e. The molecule has 2 aromatic rings. The van der Waals surface area contributed by atoms with E-state index in [0.29, 0.717) is 54.4 Å². The lowest BCUT2D eigenvalue weighted by molar-refractivity contribution is -0.127. The van der Waals surface area contributed by atoms with Crippen molar-refractivity contribution in [3.63, 3.8) is 0 Å². The van der Waals surface area contributed by atoms with Crippen LogP contribution in [0, 0.1) is 0 Å². The fourth-order valence-electron chi connectivity index (χ4n) is 3.90. The highest BCUT2D eigenvalue weighted by molar-refractivity contribution is 7.99. The molecule has 0 saturated carbocycles. The average Bonchev–Trinajstić information content (AvgIpc) is 3.00. The lowest BCUT2D eigenvalue weighted by Crippen LogP contribution is -2.32. The fraction of sp³-hybridized carbons (Fsp3) is 0.591. The topological polar surface area (TPSA) is 88.4 Å². The number of nitrogens with zero attached hydrogens (tertiary/aromatic N) is 5. The summed E-state index contributed by atoms with van der Waals surface area (Å²) < 4.78 is 29.6. The summed E-state index contributed by atoms with van der Waals surface area (Å²) in [5.74, 6) is 1.06. The van der Waals surface area contributed by atoms with Crippen molar-refractivity contribution in [1.29, 1.82) is 0 Å². The molecule has 2 heterocycles. The van der Waals surface area contributed by atoms with Gasteiger partial charge in [0.25, 0.3) is 0 Å². The number of hydrogen-bond donors (Lipinski definition) is 0. The predicted molar refractivity (Wildman–Crippen MR) is 127 cm³/mol. The first-order valence-corrected chi connectivity index (χ1v) is 13.8. The van der Waals surface area contributed by atoms with E-state index >= 15 is 0 Å². The lowest BCUT2D eigenvalue weighted by Gasteiger charge is -2.20. The van der Waals surface area contributed by atoms with Crippen LogP contribution in [0.15, 0.2) is 34.3 Å². The van der Waals surface area contributed by atoms with Gasteiger partial charge in [0, 0.05) is 38.3 Å². The molecule has 0 radical (unpaired) electrons. The van der Waals surface area contributed by atoms with Crippen LogP contribution in [0.2, 0.25) is 0 Å². The van der Waals surface area contributed by atoms with Crippen LogP contribution in [0.25, 0.3) is 11.4 Å². The first-order chi connectivity index (χ1) is 15.4. The second kappa shape index (κ2) is 11.3. The van der Waals surface area contributed by atoms with Gasteiger partial charge in [0.05, 0.1) is 10.6 Å². The minimum absolute atomic E-state index is 0.0790. The number of aromatic nitrogens is 3. The van der Waals surface area contributed by atoms with Crippen molar-refractivity contribution in [2.45, 2.75) is 63.1 Å². The molecule has 1 aliphatic rings. The van der Waals surface area contributed by atoms with E-state index in [9.17, 15) is 13.2 Å². The van der Waals surface area contributed by atoms with Crippen molar-refractivity contribution in [2.75, 3.05) is 31.9 Å². The second-order valence-electron chi connectivity index (χ2n) is 7.75. The molecular formula is C22H33N5O3S2. The fourth-order valence-corrected chi connectivity index (χ4v) is 6.32. The Kier molecular flexibility index (Phi) is 8.72. The molecule has 10 heteroatoms. The van der Waals surface area contributed by atoms with Gasteiger partial charge >= 0.3 is 0 Å². The van der Waals surface area contributed by atoms with Gasteiger partial charge in [-0.05, 0) is 57.9 Å². The van der Waals surface area contributed by atoms with Crippen molar-refractivity contribution >= 4 is 27.7 Å². The standard InChI is InChI=1S/C22H33N5O3S2/c1-4-25(5-2)20(28)17-31-22-24-23-21(27(22)6-3)18-11-13-19(14-12-18)32(29,30)26-15-9-7-8-10-16-26/h11-14H,4-10,15-17H2,1-3H3. The maximum atomic E-state index is 13.0. The molecule has 176 valence electrons. The van der Waals surface area contributed by atoms with Crippen molar-refractivity contribution < 1.29 is 13.2 Å². The Morgan fingerprint density at radius 1 is 1.00 bits per heavy atom. The van der Waals surface area contributed by atoms with Gasteiger partial charge in [-0.15, -0.1) is 10.2 Å². The maximum Gasteiger partial charge on any atom is 0.243 e. The monoisotopic (exact) mass is 479 g/mol. The molecule has 8 nitrogen and oxygen atoms in total. The van der Waals surface area contributed by atoms with Crippen molar-refractivity contribution in [2.24, 2.45) is 0 Å². The zero-order chi connectivity index (χ0) is 23.1. The Hall–Kier alpha value is -1.91. The highest BCUT2D eigenvalue weighted by Gasteiger charge is 2.25. The first kappa shape index (κ1) is 24.7. The van der Waals surface area contributed by atoms with Crippen LogP contribution in [0.4, 0.5) is 0 Å². The lowest BCUT2D eigenvalue weighted by atomic mass is 10.2. The molecule has 32 heavy (non-hydrogen) atoms. The number of sulfonamides is 1. The van der Waals surface area contributed by atoms with Gasteiger partial charge in [0.15, 0.2) is 11.0 Å². The van der Waals surface area contributed by atoms with E-state index in [0.717, 1.165) is 31.2 Å². The Bertz CT molecular complexity index is 993. The van der Waals surface area contributed by atoms with Gasteiger partial charge in [-0.3, -0.25) is 4.79 Å². The summed E-state index contributed by atoms with van der Waals surface area (Å²) in [5.41, 5.74) is 0.802. The third kappa shape index (κ3) is 5.52. The normalized spacial score (nSPS) is 15.5. The molecule has 0 spiro atoms. The molecule has 1 aliphatic heterocycles. The van der Waals surface area contributed by atoms with Gasteiger partial charge < -0.3 is 9.47 Å². The molecule has 1 saturated heterocycles. The van der Waals surface area contributed by atoms with E-state index in [4.69, 9.17) is 0 Å². The Balaban J connectivity index is 1.76. The van der Waals surface area contributed by atoms with Crippen molar-refractivity contribution in [1.82, 2.24) is 24.0 Å². The maximum absolute atomic E-state index is 13.0. The van der Waals surface area contributed by atoms with Crippen LogP contribution >= 0.6 is 11.8 Å². The van der Waals surface area contributed by atoms with Crippen LogP contribution in [0.1, 0.15) is 46.5 Å². The van der Waals surface area contributed by atoms with E-state index < -0.39 is 10.0 Å². The molecular weight excluding hydrogens is 446 g/mol. The summed E-state index contributed by atoms with van der Waals surface area (Å²) in [7, 11) is -3.48. The summed E-state index contributed by atoms with van der Waals surface area (Å²) >= 11 is 1.38. The number of thioether (sulfide) groups is 1. The van der Waals surface area contributed by atoms with E-state index in [-0.39, 0.29) is 5.91 Å². The molecule has 0 aliphatic carbocycles. The van der Waals surface area contributed by atoms with E-state index in [1.54, 1.807) is 33.5 Å². The average molecular weight is 480 g/mol. The third-order valence-electron chi connectivity index (χ3n) is 5.79. The number of amides is 1. The molecule has 0 N–H and O–H groups in total. The van der Waals surface area contributed by atoms with Crippen LogP contribution in [-0.2, 0) is 21.4 Å². The Morgan fingerprint density at radius 3 is 2.19 bits per heavy atom. The Labute approximate surface area is 195 Å². The zero-order valence-electron chi connectivity index (χ0n) is 19.2. The SMILES string of the molecule is CCN(CC)C(=O)CSc1nnc(-c2ccc(S(=O)(=O)N3CCCCCC3)cc2)n1CC. The van der Waals surface area contributed by atoms with E-state index in [1.165, 1.54) is 11.8 Å². The smallest absolute Gasteiger partial charge is 0.243 e.